The number of fused-ring (bicyclic) bond motifs is 1. The van der Waals surface area contributed by atoms with Gasteiger partial charge in [-0.1, -0.05) is 18.2 Å². The normalized spacial score (nSPS) is 19.6. The van der Waals surface area contributed by atoms with Crippen LogP contribution >= 0.6 is 11.8 Å². The zero-order valence-corrected chi connectivity index (χ0v) is 11.0. The van der Waals surface area contributed by atoms with Crippen LogP contribution in [0.4, 0.5) is 0 Å². The van der Waals surface area contributed by atoms with E-state index < -0.39 is 6.10 Å². The Morgan fingerprint density at radius 3 is 3.00 bits per heavy atom. The SMILES string of the molecule is Cc1ccncc1C(O)C1CSc2ccccc21. The van der Waals surface area contributed by atoms with Crippen LogP contribution in [0.15, 0.2) is 47.6 Å². The molecule has 18 heavy (non-hydrogen) atoms. The van der Waals surface area contributed by atoms with Crippen LogP contribution in [0.2, 0.25) is 0 Å². The van der Waals surface area contributed by atoms with Crippen molar-refractivity contribution in [3.63, 3.8) is 0 Å². The Morgan fingerprint density at radius 1 is 1.33 bits per heavy atom. The van der Waals surface area contributed by atoms with Crippen molar-refractivity contribution in [1.29, 1.82) is 0 Å². The molecule has 0 fully saturated rings. The van der Waals surface area contributed by atoms with E-state index in [1.807, 2.05) is 30.8 Å². The number of rotatable bonds is 2. The second kappa shape index (κ2) is 4.75. The van der Waals surface area contributed by atoms with Gasteiger partial charge < -0.3 is 5.11 Å². The van der Waals surface area contributed by atoms with Crippen LogP contribution in [0.1, 0.15) is 28.7 Å². The minimum Gasteiger partial charge on any atom is -0.388 e. The zero-order valence-electron chi connectivity index (χ0n) is 10.2. The average Bonchev–Trinajstić information content (AvgIpc) is 2.82. The summed E-state index contributed by atoms with van der Waals surface area (Å²) in [6, 6.07) is 10.3. The molecule has 0 spiro atoms. The van der Waals surface area contributed by atoms with Gasteiger partial charge in [0.2, 0.25) is 0 Å². The van der Waals surface area contributed by atoms with Crippen LogP contribution in [0, 0.1) is 6.92 Å². The van der Waals surface area contributed by atoms with Crippen LogP contribution in [0.5, 0.6) is 0 Å². The fraction of sp³-hybridized carbons (Fsp3) is 0.267. The standard InChI is InChI=1S/C15H15NOS/c1-10-6-7-16-8-12(10)15(17)13-9-18-14-5-3-2-4-11(13)14/h2-8,13,15,17H,9H2,1H3. The minimum atomic E-state index is -0.463. The van der Waals surface area contributed by atoms with Gasteiger partial charge >= 0.3 is 0 Å². The van der Waals surface area contributed by atoms with Gasteiger partial charge in [-0.2, -0.15) is 0 Å². The number of nitrogens with zero attached hydrogens (tertiary/aromatic N) is 1. The predicted octanol–water partition coefficient (Wildman–Crippen LogP) is 3.31. The van der Waals surface area contributed by atoms with Gasteiger partial charge in [-0.05, 0) is 30.2 Å². The molecule has 1 aromatic carbocycles. The minimum absolute atomic E-state index is 0.175. The molecule has 2 nitrogen and oxygen atoms in total. The van der Waals surface area contributed by atoms with Crippen molar-refractivity contribution < 1.29 is 5.11 Å². The van der Waals surface area contributed by atoms with E-state index >= 15 is 0 Å². The van der Waals surface area contributed by atoms with Gasteiger partial charge in [-0.25, -0.2) is 0 Å². The van der Waals surface area contributed by atoms with Gasteiger partial charge in [0.1, 0.15) is 0 Å². The third-order valence-corrected chi connectivity index (χ3v) is 4.72. The monoisotopic (exact) mass is 257 g/mol. The lowest BCUT2D eigenvalue weighted by Crippen LogP contribution is -2.12. The highest BCUT2D eigenvalue weighted by Crippen LogP contribution is 2.45. The highest BCUT2D eigenvalue weighted by molar-refractivity contribution is 7.99. The fourth-order valence-electron chi connectivity index (χ4n) is 2.45. The molecule has 0 amide bonds. The number of thioether (sulfide) groups is 1. The van der Waals surface area contributed by atoms with Crippen molar-refractivity contribution in [2.24, 2.45) is 0 Å². The topological polar surface area (TPSA) is 33.1 Å². The highest BCUT2D eigenvalue weighted by Gasteiger charge is 2.30. The van der Waals surface area contributed by atoms with E-state index in [2.05, 4.69) is 23.2 Å². The molecule has 0 aliphatic carbocycles. The average molecular weight is 257 g/mol. The number of pyridine rings is 1. The number of aryl methyl sites for hydroxylation is 1. The lowest BCUT2D eigenvalue weighted by molar-refractivity contribution is 0.152. The Balaban J connectivity index is 1.96. The molecule has 2 atom stereocenters. The van der Waals surface area contributed by atoms with Crippen molar-refractivity contribution in [2.75, 3.05) is 5.75 Å². The molecule has 1 aromatic heterocycles. The molecular formula is C15H15NOS. The van der Waals surface area contributed by atoms with E-state index in [1.165, 1.54) is 10.5 Å². The molecule has 0 bridgehead atoms. The summed E-state index contributed by atoms with van der Waals surface area (Å²) in [5.41, 5.74) is 3.31. The highest BCUT2D eigenvalue weighted by atomic mass is 32.2. The molecule has 1 aliphatic heterocycles. The Morgan fingerprint density at radius 2 is 2.17 bits per heavy atom. The maximum Gasteiger partial charge on any atom is 0.0884 e. The maximum atomic E-state index is 10.6. The van der Waals surface area contributed by atoms with E-state index in [9.17, 15) is 5.11 Å². The Bertz CT molecular complexity index is 570. The molecule has 2 heterocycles. The van der Waals surface area contributed by atoms with Crippen LogP contribution in [-0.4, -0.2) is 15.8 Å². The lowest BCUT2D eigenvalue weighted by atomic mass is 9.90. The number of aliphatic hydroxyl groups excluding tert-OH is 1. The van der Waals surface area contributed by atoms with Gasteiger partial charge in [-0.3, -0.25) is 4.98 Å². The maximum absolute atomic E-state index is 10.6. The molecule has 0 saturated heterocycles. The summed E-state index contributed by atoms with van der Waals surface area (Å²) < 4.78 is 0. The first-order chi connectivity index (χ1) is 8.77. The number of hydrogen-bond acceptors (Lipinski definition) is 3. The van der Waals surface area contributed by atoms with E-state index in [1.54, 1.807) is 12.4 Å². The van der Waals surface area contributed by atoms with Crippen molar-refractivity contribution >= 4 is 11.8 Å². The van der Waals surface area contributed by atoms with Crippen molar-refractivity contribution in [3.8, 4) is 0 Å². The van der Waals surface area contributed by atoms with Crippen molar-refractivity contribution in [1.82, 2.24) is 4.98 Å². The molecule has 3 heteroatoms. The second-order valence-electron chi connectivity index (χ2n) is 4.63. The summed E-state index contributed by atoms with van der Waals surface area (Å²) in [5.74, 6) is 1.11. The quantitative estimate of drug-likeness (QED) is 0.896. The third-order valence-electron chi connectivity index (χ3n) is 3.52. The van der Waals surface area contributed by atoms with Crippen molar-refractivity contribution in [2.45, 2.75) is 23.8 Å². The van der Waals surface area contributed by atoms with Crippen LogP contribution in [0.3, 0.4) is 0 Å². The van der Waals surface area contributed by atoms with Crippen LogP contribution in [0.25, 0.3) is 0 Å². The van der Waals surface area contributed by atoms with Gasteiger partial charge in [-0.15, -0.1) is 11.8 Å². The molecule has 1 aliphatic rings. The molecule has 2 aromatic rings. The second-order valence-corrected chi connectivity index (χ2v) is 5.69. The number of aromatic nitrogens is 1. The van der Waals surface area contributed by atoms with Crippen molar-refractivity contribution in [3.05, 3.63) is 59.4 Å². The first kappa shape index (κ1) is 11.8. The first-order valence-corrected chi connectivity index (χ1v) is 7.06. The summed E-state index contributed by atoms with van der Waals surface area (Å²) in [4.78, 5) is 5.42. The summed E-state index contributed by atoms with van der Waals surface area (Å²) in [6.07, 6.45) is 3.09. The van der Waals surface area contributed by atoms with E-state index in [-0.39, 0.29) is 5.92 Å². The third kappa shape index (κ3) is 1.93. The fourth-order valence-corrected chi connectivity index (χ4v) is 3.73. The van der Waals surface area contributed by atoms with Gasteiger partial charge in [0, 0.05) is 34.5 Å². The predicted molar refractivity (Wildman–Crippen MR) is 73.8 cm³/mol. The molecule has 3 rings (SSSR count). The van der Waals surface area contributed by atoms with Gasteiger partial charge in [0.15, 0.2) is 0 Å². The Kier molecular flexibility index (Phi) is 3.10. The lowest BCUT2D eigenvalue weighted by Gasteiger charge is -2.20. The van der Waals surface area contributed by atoms with Gasteiger partial charge in [0.25, 0.3) is 0 Å². The first-order valence-electron chi connectivity index (χ1n) is 6.07. The molecular weight excluding hydrogens is 242 g/mol. The zero-order chi connectivity index (χ0) is 12.5. The largest absolute Gasteiger partial charge is 0.388 e. The molecule has 1 N–H and O–H groups in total. The van der Waals surface area contributed by atoms with E-state index in [0.717, 1.165) is 16.9 Å². The molecule has 2 unspecified atom stereocenters. The number of aliphatic hydroxyl groups is 1. The number of benzene rings is 1. The summed E-state index contributed by atoms with van der Waals surface area (Å²) >= 11 is 1.82. The van der Waals surface area contributed by atoms with Crippen LogP contribution in [-0.2, 0) is 0 Å². The van der Waals surface area contributed by atoms with Crippen LogP contribution < -0.4 is 0 Å². The smallest absolute Gasteiger partial charge is 0.0884 e. The molecule has 92 valence electrons. The summed E-state index contributed by atoms with van der Waals surface area (Å²) in [5, 5.41) is 10.6. The Hall–Kier alpha value is -1.32. The summed E-state index contributed by atoms with van der Waals surface area (Å²) in [7, 11) is 0. The number of hydrogen-bond donors (Lipinski definition) is 1. The Labute approximate surface area is 111 Å². The molecule has 0 radical (unpaired) electrons. The van der Waals surface area contributed by atoms with E-state index in [4.69, 9.17) is 0 Å². The van der Waals surface area contributed by atoms with Gasteiger partial charge in [0.05, 0.1) is 6.10 Å². The molecule has 0 saturated carbocycles. The van der Waals surface area contributed by atoms with E-state index in [0.29, 0.717) is 0 Å². The summed E-state index contributed by atoms with van der Waals surface area (Å²) in [6.45, 7) is 2.02.